The Morgan fingerprint density at radius 2 is 2.24 bits per heavy atom. The highest BCUT2D eigenvalue weighted by molar-refractivity contribution is 8.18. The summed E-state index contributed by atoms with van der Waals surface area (Å²) >= 11 is 1.23. The smallest absolute Gasteiger partial charge is 0.407 e. The van der Waals surface area contributed by atoms with Gasteiger partial charge in [0.2, 0.25) is 0 Å². The largest absolute Gasteiger partial charge is 0.465 e. The maximum absolute atomic E-state index is 14.0. The van der Waals surface area contributed by atoms with Crippen LogP contribution in [0.5, 0.6) is 0 Å². The standard InChI is InChI=1S/C19H21FN4O4S/c20-13-3-4-14(15-11-28-8-7-23(15)19(26)27)12(9-13)10-16-17(25)22-18(29-16)24-6-2-1-5-21-24/h3-4,9-10,15,21H,1-2,5-8,11H2,(H,26,27). The molecular formula is C19H21FN4O4S. The van der Waals surface area contributed by atoms with Crippen molar-refractivity contribution in [1.82, 2.24) is 15.3 Å². The summed E-state index contributed by atoms with van der Waals surface area (Å²) in [5, 5.41) is 12.0. The lowest BCUT2D eigenvalue weighted by Gasteiger charge is -2.34. The second kappa shape index (κ2) is 8.52. The number of carboxylic acid groups (broad SMARTS) is 1. The van der Waals surface area contributed by atoms with Crippen molar-refractivity contribution in [3.8, 4) is 0 Å². The molecule has 1 aromatic carbocycles. The first-order chi connectivity index (χ1) is 14.0. The minimum atomic E-state index is -1.06. The van der Waals surface area contributed by atoms with E-state index in [0.29, 0.717) is 27.8 Å². The molecule has 0 bridgehead atoms. The van der Waals surface area contributed by atoms with E-state index in [1.807, 2.05) is 5.01 Å². The van der Waals surface area contributed by atoms with Gasteiger partial charge in [0.25, 0.3) is 5.91 Å². The zero-order chi connectivity index (χ0) is 20.4. The number of thioether (sulfide) groups is 1. The molecule has 3 aliphatic rings. The van der Waals surface area contributed by atoms with Crippen LogP contribution in [0.1, 0.15) is 30.0 Å². The number of rotatable bonds is 2. The average Bonchev–Trinajstić information content (AvgIpc) is 3.09. The number of aliphatic imine (C=N–C) groups is 1. The highest BCUT2D eigenvalue weighted by atomic mass is 32.2. The molecule has 1 aromatic rings. The average molecular weight is 420 g/mol. The molecule has 2 fully saturated rings. The maximum Gasteiger partial charge on any atom is 0.407 e. The number of nitrogens with zero attached hydrogens (tertiary/aromatic N) is 3. The van der Waals surface area contributed by atoms with E-state index in [9.17, 15) is 19.1 Å². The third-order valence-corrected chi connectivity index (χ3v) is 6.03. The Bertz CT molecular complexity index is 885. The molecule has 2 amide bonds. The van der Waals surface area contributed by atoms with Gasteiger partial charge in [0.05, 0.1) is 24.2 Å². The number of nitrogens with one attached hydrogen (secondary N) is 1. The van der Waals surface area contributed by atoms with Gasteiger partial charge in [0.15, 0.2) is 5.17 Å². The predicted molar refractivity (Wildman–Crippen MR) is 107 cm³/mol. The first-order valence-corrected chi connectivity index (χ1v) is 10.2. The van der Waals surface area contributed by atoms with Crippen LogP contribution >= 0.6 is 11.8 Å². The number of carbonyl (C=O) groups excluding carboxylic acids is 1. The number of hydrogen-bond acceptors (Lipinski definition) is 6. The van der Waals surface area contributed by atoms with E-state index in [0.717, 1.165) is 25.9 Å². The first-order valence-electron chi connectivity index (χ1n) is 9.43. The van der Waals surface area contributed by atoms with E-state index >= 15 is 0 Å². The Morgan fingerprint density at radius 3 is 3.00 bits per heavy atom. The van der Waals surface area contributed by atoms with Gasteiger partial charge in [-0.15, -0.1) is 0 Å². The van der Waals surface area contributed by atoms with Crippen LogP contribution in [0.25, 0.3) is 6.08 Å². The number of ether oxygens (including phenoxy) is 1. The second-order valence-electron chi connectivity index (χ2n) is 6.92. The molecule has 1 unspecified atom stereocenters. The van der Waals surface area contributed by atoms with Crippen molar-refractivity contribution >= 4 is 35.0 Å². The van der Waals surface area contributed by atoms with Gasteiger partial charge in [-0.2, -0.15) is 4.99 Å². The van der Waals surface area contributed by atoms with Crippen LogP contribution in [-0.2, 0) is 9.53 Å². The number of morpholine rings is 1. The molecule has 0 aromatic heterocycles. The maximum atomic E-state index is 14.0. The molecule has 0 radical (unpaired) electrons. The molecule has 1 atom stereocenters. The fourth-order valence-electron chi connectivity index (χ4n) is 3.57. The molecule has 0 saturated carbocycles. The van der Waals surface area contributed by atoms with Crippen molar-refractivity contribution in [1.29, 1.82) is 0 Å². The van der Waals surface area contributed by atoms with E-state index in [1.54, 1.807) is 12.1 Å². The van der Waals surface area contributed by atoms with Crippen molar-refractivity contribution < 1.29 is 23.8 Å². The molecule has 10 heteroatoms. The summed E-state index contributed by atoms with van der Waals surface area (Å²) in [4.78, 5) is 29.8. The molecule has 4 rings (SSSR count). The van der Waals surface area contributed by atoms with Crippen molar-refractivity contribution in [3.05, 3.63) is 40.0 Å². The number of benzene rings is 1. The van der Waals surface area contributed by atoms with Crippen molar-refractivity contribution in [2.75, 3.05) is 32.8 Å². The summed E-state index contributed by atoms with van der Waals surface area (Å²) in [6, 6.07) is 3.57. The lowest BCUT2D eigenvalue weighted by Crippen LogP contribution is -2.45. The third-order valence-electron chi connectivity index (χ3n) is 5.02. The van der Waals surface area contributed by atoms with Crippen LogP contribution in [0, 0.1) is 5.82 Å². The summed E-state index contributed by atoms with van der Waals surface area (Å²) in [5.41, 5.74) is 4.26. The van der Waals surface area contributed by atoms with E-state index in [4.69, 9.17) is 4.74 Å². The molecule has 0 spiro atoms. The van der Waals surface area contributed by atoms with Gasteiger partial charge in [-0.05, 0) is 53.9 Å². The molecular weight excluding hydrogens is 399 g/mol. The fourth-order valence-corrected chi connectivity index (χ4v) is 4.48. The predicted octanol–water partition coefficient (Wildman–Crippen LogP) is 2.45. The molecule has 3 aliphatic heterocycles. The molecule has 0 aliphatic carbocycles. The fraction of sp³-hybridized carbons (Fsp3) is 0.421. The Balaban J connectivity index is 1.63. The van der Waals surface area contributed by atoms with E-state index in [2.05, 4.69) is 10.4 Å². The number of carbonyl (C=O) groups is 2. The van der Waals surface area contributed by atoms with Gasteiger partial charge in [-0.25, -0.2) is 14.6 Å². The summed E-state index contributed by atoms with van der Waals surface area (Å²) < 4.78 is 19.4. The Hall–Kier alpha value is -2.43. The van der Waals surface area contributed by atoms with Crippen LogP contribution in [0.15, 0.2) is 28.1 Å². The Morgan fingerprint density at radius 1 is 1.38 bits per heavy atom. The van der Waals surface area contributed by atoms with Crippen LogP contribution in [0.4, 0.5) is 9.18 Å². The molecule has 8 nitrogen and oxygen atoms in total. The highest BCUT2D eigenvalue weighted by Crippen LogP contribution is 2.34. The monoisotopic (exact) mass is 420 g/mol. The quantitative estimate of drug-likeness (QED) is 0.710. The molecule has 3 heterocycles. The van der Waals surface area contributed by atoms with E-state index in [-0.39, 0.29) is 19.1 Å². The van der Waals surface area contributed by atoms with E-state index in [1.165, 1.54) is 28.8 Å². The van der Waals surface area contributed by atoms with Crippen molar-refractivity contribution in [3.63, 3.8) is 0 Å². The lowest BCUT2D eigenvalue weighted by molar-refractivity contribution is -0.113. The first kappa shape index (κ1) is 19.9. The van der Waals surface area contributed by atoms with Crippen molar-refractivity contribution in [2.45, 2.75) is 18.9 Å². The molecule has 29 heavy (non-hydrogen) atoms. The summed E-state index contributed by atoms with van der Waals surface area (Å²) in [7, 11) is 0. The summed E-state index contributed by atoms with van der Waals surface area (Å²) in [5.74, 6) is -0.851. The SMILES string of the molecule is O=C1N=C(N2CCCCN2)SC1=Cc1cc(F)ccc1C1COCCN1C(=O)O. The van der Waals surface area contributed by atoms with Gasteiger partial charge in [-0.1, -0.05) is 6.07 Å². The minimum absolute atomic E-state index is 0.175. The van der Waals surface area contributed by atoms with Gasteiger partial charge >= 0.3 is 6.09 Å². The van der Waals surface area contributed by atoms with Gasteiger partial charge in [-0.3, -0.25) is 14.7 Å². The number of halogens is 1. The van der Waals surface area contributed by atoms with Gasteiger partial charge in [0, 0.05) is 19.6 Å². The summed E-state index contributed by atoms with van der Waals surface area (Å²) in [6.07, 6.45) is 2.61. The Labute approximate surface area is 171 Å². The molecule has 2 N–H and O–H groups in total. The number of hydrogen-bond donors (Lipinski definition) is 2. The van der Waals surface area contributed by atoms with Crippen molar-refractivity contribution in [2.24, 2.45) is 4.99 Å². The van der Waals surface area contributed by atoms with Gasteiger partial charge < -0.3 is 9.84 Å². The minimum Gasteiger partial charge on any atom is -0.465 e. The number of amidine groups is 1. The number of hydrazine groups is 1. The molecule has 2 saturated heterocycles. The summed E-state index contributed by atoms with van der Waals surface area (Å²) in [6.45, 7) is 2.32. The second-order valence-corrected chi connectivity index (χ2v) is 7.93. The van der Waals surface area contributed by atoms with Crippen LogP contribution in [0.3, 0.4) is 0 Å². The number of amides is 2. The molecule has 154 valence electrons. The zero-order valence-corrected chi connectivity index (χ0v) is 16.5. The third kappa shape index (κ3) is 4.29. The van der Waals surface area contributed by atoms with Crippen LogP contribution < -0.4 is 5.43 Å². The van der Waals surface area contributed by atoms with Crippen LogP contribution in [0.2, 0.25) is 0 Å². The Kier molecular flexibility index (Phi) is 5.84. The lowest BCUT2D eigenvalue weighted by atomic mass is 9.98. The topological polar surface area (TPSA) is 94.5 Å². The van der Waals surface area contributed by atoms with E-state index < -0.39 is 18.0 Å². The zero-order valence-electron chi connectivity index (χ0n) is 15.6. The normalized spacial score (nSPS) is 24.2. The van der Waals surface area contributed by atoms with Crippen LogP contribution in [-0.4, -0.2) is 65.0 Å². The highest BCUT2D eigenvalue weighted by Gasteiger charge is 2.31. The van der Waals surface area contributed by atoms with Gasteiger partial charge in [0.1, 0.15) is 5.82 Å².